The number of H-pyrrole nitrogens is 1. The molecule has 3 rings (SSSR count). The van der Waals surface area contributed by atoms with Gasteiger partial charge in [0, 0.05) is 27.5 Å². The van der Waals surface area contributed by atoms with E-state index in [2.05, 4.69) is 20.9 Å². The maximum atomic E-state index is 11.9. The van der Waals surface area contributed by atoms with E-state index >= 15 is 0 Å². The molecular formula is C15H15BrClNO2. The molecule has 0 saturated carbocycles. The van der Waals surface area contributed by atoms with Crippen LogP contribution in [0.1, 0.15) is 24.6 Å². The first-order valence-electron chi connectivity index (χ1n) is 6.75. The number of hydrogen-bond donors (Lipinski definition) is 1. The van der Waals surface area contributed by atoms with Crippen LogP contribution in [0.3, 0.4) is 0 Å². The van der Waals surface area contributed by atoms with Crippen molar-refractivity contribution in [1.82, 2.24) is 4.98 Å². The second-order valence-corrected chi connectivity index (χ2v) is 6.26. The highest BCUT2D eigenvalue weighted by Crippen LogP contribution is 2.38. The third-order valence-electron chi connectivity index (χ3n) is 3.86. The van der Waals surface area contributed by atoms with Gasteiger partial charge in [-0.25, -0.2) is 0 Å². The average molecular weight is 357 g/mol. The van der Waals surface area contributed by atoms with Gasteiger partial charge in [-0.05, 0) is 53.4 Å². The Morgan fingerprint density at radius 3 is 3.10 bits per heavy atom. The van der Waals surface area contributed by atoms with Crippen molar-refractivity contribution in [2.75, 3.05) is 6.61 Å². The van der Waals surface area contributed by atoms with E-state index in [0.29, 0.717) is 18.1 Å². The van der Waals surface area contributed by atoms with Crippen molar-refractivity contribution in [1.29, 1.82) is 0 Å². The standard InChI is InChI=1S/C15H15BrClNO2/c1-2-20-15(19)8-3-4-9-12(7-8)18-11-6-5-10(17)14(16)13(9)11/h5-6,8,18H,2-4,7H2,1H3. The zero-order valence-corrected chi connectivity index (χ0v) is 13.5. The number of halogens is 2. The van der Waals surface area contributed by atoms with E-state index in [-0.39, 0.29) is 11.9 Å². The molecule has 106 valence electrons. The molecule has 0 saturated heterocycles. The molecule has 0 spiro atoms. The summed E-state index contributed by atoms with van der Waals surface area (Å²) in [5.74, 6) is -0.126. The van der Waals surface area contributed by atoms with Crippen molar-refractivity contribution in [3.8, 4) is 0 Å². The summed E-state index contributed by atoms with van der Waals surface area (Å²) in [6.45, 7) is 2.28. The molecule has 1 aliphatic rings. The molecule has 1 N–H and O–H groups in total. The molecule has 0 radical (unpaired) electrons. The van der Waals surface area contributed by atoms with Crippen LogP contribution in [-0.2, 0) is 22.4 Å². The molecule has 1 atom stereocenters. The Hall–Kier alpha value is -1.000. The number of aromatic amines is 1. The minimum Gasteiger partial charge on any atom is -0.466 e. The summed E-state index contributed by atoms with van der Waals surface area (Å²) >= 11 is 9.74. The summed E-state index contributed by atoms with van der Waals surface area (Å²) in [5.41, 5.74) is 3.47. The lowest BCUT2D eigenvalue weighted by atomic mass is 9.87. The first kappa shape index (κ1) is 14.0. The second-order valence-electron chi connectivity index (χ2n) is 5.06. The SMILES string of the molecule is CCOC(=O)C1CCc2c([nH]c3ccc(Cl)c(Br)c23)C1. The van der Waals surface area contributed by atoms with Crippen molar-refractivity contribution < 1.29 is 9.53 Å². The lowest BCUT2D eigenvalue weighted by Crippen LogP contribution is -2.24. The molecule has 1 aliphatic carbocycles. The van der Waals surface area contributed by atoms with E-state index in [1.165, 1.54) is 5.56 Å². The molecule has 20 heavy (non-hydrogen) atoms. The van der Waals surface area contributed by atoms with Gasteiger partial charge >= 0.3 is 5.97 Å². The normalized spacial score (nSPS) is 18.1. The maximum absolute atomic E-state index is 11.9. The summed E-state index contributed by atoms with van der Waals surface area (Å²) in [6.07, 6.45) is 2.42. The third kappa shape index (κ3) is 2.25. The van der Waals surface area contributed by atoms with E-state index in [9.17, 15) is 4.79 Å². The Kier molecular flexibility index (Phi) is 3.78. The topological polar surface area (TPSA) is 42.1 Å². The smallest absolute Gasteiger partial charge is 0.309 e. The van der Waals surface area contributed by atoms with Crippen molar-refractivity contribution in [2.45, 2.75) is 26.2 Å². The number of nitrogens with one attached hydrogen (secondary N) is 1. The molecule has 0 aliphatic heterocycles. The molecule has 1 heterocycles. The fraction of sp³-hybridized carbons (Fsp3) is 0.400. The van der Waals surface area contributed by atoms with Crippen LogP contribution in [0.4, 0.5) is 0 Å². The van der Waals surface area contributed by atoms with Crippen molar-refractivity contribution >= 4 is 44.4 Å². The number of hydrogen-bond acceptors (Lipinski definition) is 2. The number of fused-ring (bicyclic) bond motifs is 3. The van der Waals surface area contributed by atoms with Gasteiger partial charge in [0.1, 0.15) is 0 Å². The number of ether oxygens (including phenoxy) is 1. The zero-order chi connectivity index (χ0) is 14.3. The molecular weight excluding hydrogens is 342 g/mol. The van der Waals surface area contributed by atoms with Gasteiger partial charge in [0.05, 0.1) is 17.5 Å². The van der Waals surface area contributed by atoms with Crippen molar-refractivity contribution in [2.24, 2.45) is 5.92 Å². The molecule has 5 heteroatoms. The molecule has 0 bridgehead atoms. The summed E-state index contributed by atoms with van der Waals surface area (Å²) in [6, 6.07) is 3.86. The number of benzene rings is 1. The Bertz CT molecular complexity index is 680. The van der Waals surface area contributed by atoms with Crippen LogP contribution in [0, 0.1) is 5.92 Å². The maximum Gasteiger partial charge on any atom is 0.309 e. The molecule has 1 aromatic heterocycles. The van der Waals surface area contributed by atoms with E-state index < -0.39 is 0 Å². The minimum absolute atomic E-state index is 0.0373. The van der Waals surface area contributed by atoms with Crippen LogP contribution in [0.15, 0.2) is 16.6 Å². The van der Waals surface area contributed by atoms with Crippen LogP contribution < -0.4 is 0 Å². The number of rotatable bonds is 2. The van der Waals surface area contributed by atoms with Gasteiger partial charge in [0.25, 0.3) is 0 Å². The molecule has 1 unspecified atom stereocenters. The van der Waals surface area contributed by atoms with Gasteiger partial charge in [-0.3, -0.25) is 4.79 Å². The fourth-order valence-corrected chi connectivity index (χ4v) is 3.66. The lowest BCUT2D eigenvalue weighted by Gasteiger charge is -2.20. The first-order valence-corrected chi connectivity index (χ1v) is 7.93. The van der Waals surface area contributed by atoms with Gasteiger partial charge in [0.2, 0.25) is 0 Å². The third-order valence-corrected chi connectivity index (χ3v) is 5.23. The zero-order valence-electron chi connectivity index (χ0n) is 11.1. The van der Waals surface area contributed by atoms with Crippen molar-refractivity contribution in [3.63, 3.8) is 0 Å². The average Bonchev–Trinajstić information content (AvgIpc) is 2.81. The van der Waals surface area contributed by atoms with Crippen LogP contribution in [0.2, 0.25) is 5.02 Å². The number of esters is 1. The summed E-state index contributed by atoms with van der Waals surface area (Å²) < 4.78 is 6.06. The van der Waals surface area contributed by atoms with Crippen LogP contribution in [0.5, 0.6) is 0 Å². The summed E-state index contributed by atoms with van der Waals surface area (Å²) in [4.78, 5) is 15.3. The van der Waals surface area contributed by atoms with Gasteiger partial charge in [-0.15, -0.1) is 0 Å². The van der Waals surface area contributed by atoms with E-state index in [4.69, 9.17) is 16.3 Å². The monoisotopic (exact) mass is 355 g/mol. The molecule has 3 nitrogen and oxygen atoms in total. The number of carbonyl (C=O) groups excluding carboxylic acids is 1. The summed E-state index contributed by atoms with van der Waals surface area (Å²) in [7, 11) is 0. The van der Waals surface area contributed by atoms with Crippen LogP contribution in [-0.4, -0.2) is 17.6 Å². The minimum atomic E-state index is -0.0890. The highest BCUT2D eigenvalue weighted by molar-refractivity contribution is 9.10. The number of carbonyl (C=O) groups is 1. The van der Waals surface area contributed by atoms with Gasteiger partial charge in [0.15, 0.2) is 0 Å². The molecule has 0 amide bonds. The first-order chi connectivity index (χ1) is 9.61. The molecule has 0 fully saturated rings. The lowest BCUT2D eigenvalue weighted by molar-refractivity contribution is -0.148. The highest BCUT2D eigenvalue weighted by Gasteiger charge is 2.28. The van der Waals surface area contributed by atoms with E-state index in [1.807, 2.05) is 19.1 Å². The Balaban J connectivity index is 1.99. The van der Waals surface area contributed by atoms with Crippen LogP contribution in [0.25, 0.3) is 10.9 Å². The Morgan fingerprint density at radius 2 is 2.35 bits per heavy atom. The van der Waals surface area contributed by atoms with Crippen LogP contribution >= 0.6 is 27.5 Å². The molecule has 2 aromatic rings. The van der Waals surface area contributed by atoms with Gasteiger partial charge in [-0.2, -0.15) is 0 Å². The van der Waals surface area contributed by atoms with Gasteiger partial charge in [-0.1, -0.05) is 11.6 Å². The fourth-order valence-electron chi connectivity index (χ4n) is 2.92. The largest absolute Gasteiger partial charge is 0.466 e. The predicted octanol–water partition coefficient (Wildman–Crippen LogP) is 4.25. The quantitative estimate of drug-likeness (QED) is 0.817. The van der Waals surface area contributed by atoms with Crippen molar-refractivity contribution in [3.05, 3.63) is 32.9 Å². The Morgan fingerprint density at radius 1 is 1.55 bits per heavy atom. The van der Waals surface area contributed by atoms with E-state index in [1.54, 1.807) is 0 Å². The highest BCUT2D eigenvalue weighted by atomic mass is 79.9. The van der Waals surface area contributed by atoms with Gasteiger partial charge < -0.3 is 9.72 Å². The number of aryl methyl sites for hydroxylation is 1. The number of aromatic nitrogens is 1. The van der Waals surface area contributed by atoms with E-state index in [0.717, 1.165) is 33.9 Å². The summed E-state index contributed by atoms with van der Waals surface area (Å²) in [5, 5.41) is 1.86. The Labute approximate surface area is 130 Å². The second kappa shape index (κ2) is 5.41. The predicted molar refractivity (Wildman–Crippen MR) is 83.2 cm³/mol. The molecule has 1 aromatic carbocycles.